The van der Waals surface area contributed by atoms with E-state index in [4.69, 9.17) is 66.3 Å². The smallest absolute Gasteiger partial charge is 0.156 e. The van der Waals surface area contributed by atoms with Crippen molar-refractivity contribution in [3.63, 3.8) is 0 Å². The number of benzene rings is 2. The van der Waals surface area contributed by atoms with E-state index in [1.165, 1.54) is 6.08 Å². The fourth-order valence-corrected chi connectivity index (χ4v) is 2.79. The van der Waals surface area contributed by atoms with E-state index >= 15 is 0 Å². The van der Waals surface area contributed by atoms with Crippen molar-refractivity contribution in [1.29, 1.82) is 0 Å². The van der Waals surface area contributed by atoms with Crippen LogP contribution in [0.3, 0.4) is 0 Å². The Morgan fingerprint density at radius 2 is 1.44 bits per heavy atom. The second-order valence-corrected chi connectivity index (χ2v) is 7.32. The van der Waals surface area contributed by atoms with Gasteiger partial charge in [-0.15, -0.1) is 0 Å². The monoisotopic (exact) mass is 449 g/mol. The lowest BCUT2D eigenvalue weighted by atomic mass is 10.3. The van der Waals surface area contributed by atoms with Gasteiger partial charge in [0.05, 0.1) is 23.3 Å². The van der Waals surface area contributed by atoms with E-state index in [0.717, 1.165) is 18.6 Å². The molecule has 0 amide bonds. The van der Waals surface area contributed by atoms with Crippen LogP contribution in [0.1, 0.15) is 12.8 Å². The van der Waals surface area contributed by atoms with Crippen LogP contribution in [-0.4, -0.2) is 19.8 Å². The van der Waals surface area contributed by atoms with E-state index in [9.17, 15) is 0 Å². The van der Waals surface area contributed by atoms with Crippen LogP contribution < -0.4 is 19.9 Å². The van der Waals surface area contributed by atoms with Crippen molar-refractivity contribution >= 4 is 52.1 Å². The van der Waals surface area contributed by atoms with Gasteiger partial charge >= 0.3 is 0 Å². The summed E-state index contributed by atoms with van der Waals surface area (Å²) in [5.41, 5.74) is 6.34. The molecule has 0 fully saturated rings. The quantitative estimate of drug-likeness (QED) is 0.331. The molecule has 2 aromatic rings. The first-order valence-corrected chi connectivity index (χ1v) is 9.71. The van der Waals surface area contributed by atoms with Gasteiger partial charge < -0.3 is 19.9 Å². The van der Waals surface area contributed by atoms with Crippen LogP contribution in [-0.2, 0) is 0 Å². The van der Waals surface area contributed by atoms with Crippen LogP contribution in [0.4, 0.5) is 5.69 Å². The molecular weight excluding hydrogens is 432 g/mol. The molecule has 0 saturated carbocycles. The van der Waals surface area contributed by atoms with E-state index in [0.29, 0.717) is 40.4 Å². The topological polar surface area (TPSA) is 53.7 Å². The lowest BCUT2D eigenvalue weighted by Gasteiger charge is -2.12. The van der Waals surface area contributed by atoms with Gasteiger partial charge in [0.15, 0.2) is 5.75 Å². The van der Waals surface area contributed by atoms with Gasteiger partial charge in [0.25, 0.3) is 0 Å². The number of unbranched alkanes of at least 4 members (excludes halogenated alkanes) is 1. The van der Waals surface area contributed by atoms with Gasteiger partial charge in [-0.2, -0.15) is 0 Å². The zero-order chi connectivity index (χ0) is 19.6. The molecule has 146 valence electrons. The van der Waals surface area contributed by atoms with Crippen molar-refractivity contribution in [2.75, 3.05) is 25.6 Å². The number of halogens is 4. The van der Waals surface area contributed by atoms with Crippen LogP contribution in [0.25, 0.3) is 0 Å². The normalized spacial score (nSPS) is 10.4. The summed E-state index contributed by atoms with van der Waals surface area (Å²) < 4.78 is 16.9. The summed E-state index contributed by atoms with van der Waals surface area (Å²) in [6, 6.07) is 10.5. The van der Waals surface area contributed by atoms with Crippen molar-refractivity contribution < 1.29 is 14.2 Å². The molecule has 0 saturated heterocycles. The number of hydrogen-bond acceptors (Lipinski definition) is 4. The van der Waals surface area contributed by atoms with Gasteiger partial charge in [0, 0.05) is 17.8 Å². The molecule has 0 heterocycles. The highest BCUT2D eigenvalue weighted by molar-refractivity contribution is 6.55. The number of anilines is 1. The highest BCUT2D eigenvalue weighted by atomic mass is 35.5. The Morgan fingerprint density at radius 1 is 0.852 bits per heavy atom. The standard InChI is InChI=1S/C19H19Cl4NO3/c20-16-11-15(26-10-7-18(22)23)12-17(21)19(16)27-9-2-1-8-25-14-5-3-13(24)4-6-14/h3-7,11-12H,1-2,8-10,24H2. The first-order chi connectivity index (χ1) is 13.0. The summed E-state index contributed by atoms with van der Waals surface area (Å²) in [6.07, 6.45) is 3.13. The second kappa shape index (κ2) is 11.4. The molecule has 0 radical (unpaired) electrons. The molecule has 0 bridgehead atoms. The third kappa shape index (κ3) is 7.97. The van der Waals surface area contributed by atoms with Crippen molar-refractivity contribution in [3.8, 4) is 17.2 Å². The number of hydrogen-bond donors (Lipinski definition) is 1. The Labute approximate surface area is 178 Å². The van der Waals surface area contributed by atoms with Crippen LogP contribution in [0.2, 0.25) is 10.0 Å². The largest absolute Gasteiger partial charge is 0.494 e. The summed E-state index contributed by atoms with van der Waals surface area (Å²) in [7, 11) is 0. The van der Waals surface area contributed by atoms with E-state index in [1.807, 2.05) is 12.1 Å². The van der Waals surface area contributed by atoms with Crippen LogP contribution in [0.5, 0.6) is 17.2 Å². The first-order valence-electron chi connectivity index (χ1n) is 8.20. The lowest BCUT2D eigenvalue weighted by Crippen LogP contribution is -2.03. The third-order valence-corrected chi connectivity index (χ3v) is 4.26. The molecule has 0 aliphatic carbocycles. The zero-order valence-electron chi connectivity index (χ0n) is 14.4. The molecule has 2 N–H and O–H groups in total. The minimum atomic E-state index is 0.132. The molecule has 0 aliphatic rings. The summed E-state index contributed by atoms with van der Waals surface area (Å²) in [6.45, 7) is 1.26. The van der Waals surface area contributed by atoms with E-state index in [-0.39, 0.29) is 11.1 Å². The fraction of sp³-hybridized carbons (Fsp3) is 0.263. The molecular formula is C19H19Cl4NO3. The van der Waals surface area contributed by atoms with E-state index < -0.39 is 0 Å². The maximum absolute atomic E-state index is 6.22. The average Bonchev–Trinajstić information content (AvgIpc) is 2.61. The van der Waals surface area contributed by atoms with Gasteiger partial charge in [0.2, 0.25) is 0 Å². The zero-order valence-corrected chi connectivity index (χ0v) is 17.4. The molecule has 8 heteroatoms. The Kier molecular flexibility index (Phi) is 9.22. The van der Waals surface area contributed by atoms with Gasteiger partial charge in [-0.05, 0) is 43.2 Å². The molecule has 2 aromatic carbocycles. The SMILES string of the molecule is Nc1ccc(OCCCCOc2c(Cl)cc(OCC=C(Cl)Cl)cc2Cl)cc1. The summed E-state index contributed by atoms with van der Waals surface area (Å²) in [5.74, 6) is 1.72. The van der Waals surface area contributed by atoms with E-state index in [1.54, 1.807) is 24.3 Å². The fourth-order valence-electron chi connectivity index (χ4n) is 2.09. The minimum absolute atomic E-state index is 0.132. The minimum Gasteiger partial charge on any atom is -0.494 e. The maximum atomic E-state index is 6.22. The molecule has 0 unspecified atom stereocenters. The Balaban J connectivity index is 1.73. The summed E-state index contributed by atoms with van der Waals surface area (Å²) in [4.78, 5) is 0. The highest BCUT2D eigenvalue weighted by Crippen LogP contribution is 2.37. The van der Waals surface area contributed by atoms with Gasteiger partial charge in [-0.25, -0.2) is 0 Å². The number of rotatable bonds is 10. The van der Waals surface area contributed by atoms with Crippen LogP contribution >= 0.6 is 46.4 Å². The molecule has 4 nitrogen and oxygen atoms in total. The Bertz CT molecular complexity index is 739. The van der Waals surface area contributed by atoms with Gasteiger partial charge in [-0.3, -0.25) is 0 Å². The van der Waals surface area contributed by atoms with Crippen molar-refractivity contribution in [2.45, 2.75) is 12.8 Å². The Morgan fingerprint density at radius 3 is 2.04 bits per heavy atom. The van der Waals surface area contributed by atoms with Crippen molar-refractivity contribution in [2.24, 2.45) is 0 Å². The number of nitrogen functional groups attached to an aromatic ring is 1. The van der Waals surface area contributed by atoms with E-state index in [2.05, 4.69) is 0 Å². The van der Waals surface area contributed by atoms with Gasteiger partial charge in [-0.1, -0.05) is 46.4 Å². The van der Waals surface area contributed by atoms with Crippen LogP contribution in [0.15, 0.2) is 47.0 Å². The molecule has 27 heavy (non-hydrogen) atoms. The Hall–Kier alpha value is -1.46. The average molecular weight is 451 g/mol. The lowest BCUT2D eigenvalue weighted by molar-refractivity contribution is 0.266. The van der Waals surface area contributed by atoms with Gasteiger partial charge in [0.1, 0.15) is 22.6 Å². The molecule has 0 atom stereocenters. The number of nitrogens with two attached hydrogens (primary N) is 1. The predicted molar refractivity (Wildman–Crippen MR) is 113 cm³/mol. The van der Waals surface area contributed by atoms with Crippen LogP contribution in [0, 0.1) is 0 Å². The molecule has 0 spiro atoms. The maximum Gasteiger partial charge on any atom is 0.156 e. The summed E-state index contributed by atoms with van der Waals surface area (Å²) in [5, 5.41) is 0.744. The molecule has 0 aromatic heterocycles. The van der Waals surface area contributed by atoms with Crippen molar-refractivity contribution in [1.82, 2.24) is 0 Å². The van der Waals surface area contributed by atoms with Crippen molar-refractivity contribution in [3.05, 3.63) is 57.0 Å². The predicted octanol–water partition coefficient (Wildman–Crippen LogP) is 6.51. The number of ether oxygens (including phenoxy) is 3. The first kappa shape index (κ1) is 21.8. The second-order valence-electron chi connectivity index (χ2n) is 5.49. The third-order valence-electron chi connectivity index (χ3n) is 3.39. The molecule has 0 aliphatic heterocycles. The highest BCUT2D eigenvalue weighted by Gasteiger charge is 2.10. The summed E-state index contributed by atoms with van der Waals surface area (Å²) >= 11 is 23.5. The molecule has 2 rings (SSSR count).